The Morgan fingerprint density at radius 2 is 1.82 bits per heavy atom. The summed E-state index contributed by atoms with van der Waals surface area (Å²) in [5, 5.41) is 19.5. The Morgan fingerprint density at radius 1 is 1.06 bits per heavy atom. The number of hydrogen-bond donors (Lipinski definition) is 2. The average Bonchev–Trinajstić information content (AvgIpc) is 2.80. The number of phenols is 2. The molecule has 0 amide bonds. The van der Waals surface area contributed by atoms with E-state index >= 15 is 0 Å². The Labute approximate surface area is 103 Å². The number of rotatable bonds is 5. The molecule has 1 aliphatic rings. The standard InChI is InChI=1S/C15H21O2/c1-2-3-4-5-7-11-10-14(16)15(17)13-9-6-8-12(11)13/h10,16-17H,1-9H2. The molecule has 0 saturated heterocycles. The Kier molecular flexibility index (Phi) is 3.93. The van der Waals surface area contributed by atoms with Crippen LogP contribution in [0.2, 0.25) is 0 Å². The maximum absolute atomic E-state index is 9.79. The zero-order chi connectivity index (χ0) is 12.3. The molecule has 1 aromatic rings. The summed E-state index contributed by atoms with van der Waals surface area (Å²) >= 11 is 0. The van der Waals surface area contributed by atoms with E-state index in [1.165, 1.54) is 24.0 Å². The van der Waals surface area contributed by atoms with Crippen LogP contribution in [0.5, 0.6) is 11.5 Å². The summed E-state index contributed by atoms with van der Waals surface area (Å²) in [5.41, 5.74) is 3.50. The van der Waals surface area contributed by atoms with E-state index in [9.17, 15) is 10.2 Å². The predicted octanol–water partition coefficient (Wildman–Crippen LogP) is 3.52. The van der Waals surface area contributed by atoms with Crippen molar-refractivity contribution >= 4 is 0 Å². The van der Waals surface area contributed by atoms with Crippen LogP contribution in [0.25, 0.3) is 0 Å². The third-order valence-corrected chi connectivity index (χ3v) is 3.64. The first kappa shape index (κ1) is 12.3. The number of aryl methyl sites for hydroxylation is 1. The normalized spacial score (nSPS) is 13.9. The smallest absolute Gasteiger partial charge is 0.160 e. The van der Waals surface area contributed by atoms with Gasteiger partial charge in [0.15, 0.2) is 11.5 Å². The number of fused-ring (bicyclic) bond motifs is 1. The zero-order valence-electron chi connectivity index (χ0n) is 10.3. The summed E-state index contributed by atoms with van der Waals surface area (Å²) in [6.45, 7) is 3.84. The van der Waals surface area contributed by atoms with Gasteiger partial charge in [-0.05, 0) is 49.3 Å². The zero-order valence-corrected chi connectivity index (χ0v) is 10.3. The first-order valence-corrected chi connectivity index (χ1v) is 6.59. The molecule has 0 atom stereocenters. The fraction of sp³-hybridized carbons (Fsp3) is 0.533. The van der Waals surface area contributed by atoms with E-state index in [4.69, 9.17) is 0 Å². The molecule has 0 fully saturated rings. The van der Waals surface area contributed by atoms with Crippen LogP contribution in [0.4, 0.5) is 0 Å². The summed E-state index contributed by atoms with van der Waals surface area (Å²) in [6, 6.07) is 1.75. The Bertz CT molecular complexity index is 396. The van der Waals surface area contributed by atoms with E-state index < -0.39 is 0 Å². The van der Waals surface area contributed by atoms with Crippen LogP contribution in [0.3, 0.4) is 0 Å². The van der Waals surface area contributed by atoms with Gasteiger partial charge in [0.2, 0.25) is 0 Å². The van der Waals surface area contributed by atoms with E-state index in [-0.39, 0.29) is 11.5 Å². The fourth-order valence-electron chi connectivity index (χ4n) is 2.73. The quantitative estimate of drug-likeness (QED) is 0.603. The largest absolute Gasteiger partial charge is 0.504 e. The van der Waals surface area contributed by atoms with Crippen molar-refractivity contribution in [1.29, 1.82) is 0 Å². The van der Waals surface area contributed by atoms with Crippen molar-refractivity contribution in [1.82, 2.24) is 0 Å². The molecule has 2 N–H and O–H groups in total. The molecule has 2 heteroatoms. The van der Waals surface area contributed by atoms with E-state index in [1.807, 2.05) is 0 Å². The minimum atomic E-state index is 0.0535. The summed E-state index contributed by atoms with van der Waals surface area (Å²) in [4.78, 5) is 0. The van der Waals surface area contributed by atoms with Gasteiger partial charge in [0.1, 0.15) is 0 Å². The predicted molar refractivity (Wildman–Crippen MR) is 69.3 cm³/mol. The van der Waals surface area contributed by atoms with Gasteiger partial charge >= 0.3 is 0 Å². The number of hydrogen-bond acceptors (Lipinski definition) is 2. The second-order valence-electron chi connectivity index (χ2n) is 4.88. The van der Waals surface area contributed by atoms with E-state index in [0.29, 0.717) is 0 Å². The lowest BCUT2D eigenvalue weighted by Crippen LogP contribution is -1.95. The second-order valence-corrected chi connectivity index (χ2v) is 4.88. The highest BCUT2D eigenvalue weighted by atomic mass is 16.3. The molecule has 93 valence electrons. The number of aromatic hydroxyl groups is 2. The van der Waals surface area contributed by atoms with Crippen molar-refractivity contribution in [2.75, 3.05) is 0 Å². The summed E-state index contributed by atoms with van der Waals surface area (Å²) in [6.07, 6.45) is 8.57. The topological polar surface area (TPSA) is 40.5 Å². The van der Waals surface area contributed by atoms with Gasteiger partial charge in [-0.25, -0.2) is 0 Å². The highest BCUT2D eigenvalue weighted by molar-refractivity contribution is 5.54. The molecule has 0 heterocycles. The molecule has 1 aliphatic carbocycles. The molecule has 0 aromatic heterocycles. The summed E-state index contributed by atoms with van der Waals surface area (Å²) in [5.74, 6) is 0.164. The highest BCUT2D eigenvalue weighted by Crippen LogP contribution is 2.39. The van der Waals surface area contributed by atoms with Gasteiger partial charge < -0.3 is 10.2 Å². The van der Waals surface area contributed by atoms with Gasteiger partial charge in [0.25, 0.3) is 0 Å². The highest BCUT2D eigenvalue weighted by Gasteiger charge is 2.21. The van der Waals surface area contributed by atoms with Crippen LogP contribution >= 0.6 is 0 Å². The van der Waals surface area contributed by atoms with E-state index in [2.05, 4.69) is 6.92 Å². The van der Waals surface area contributed by atoms with Crippen molar-refractivity contribution < 1.29 is 10.2 Å². The minimum absolute atomic E-state index is 0.0535. The number of benzene rings is 1. The number of phenolic OH excluding ortho intramolecular Hbond substituents is 2. The van der Waals surface area contributed by atoms with Crippen molar-refractivity contribution in [3.05, 3.63) is 29.7 Å². The van der Waals surface area contributed by atoms with Crippen molar-refractivity contribution in [3.63, 3.8) is 0 Å². The van der Waals surface area contributed by atoms with Gasteiger partial charge in [-0.1, -0.05) is 26.2 Å². The maximum Gasteiger partial charge on any atom is 0.160 e. The number of unbranched alkanes of at least 4 members (excludes halogenated alkanes) is 3. The molecule has 0 bridgehead atoms. The summed E-state index contributed by atoms with van der Waals surface area (Å²) in [7, 11) is 0. The molecule has 2 nitrogen and oxygen atoms in total. The van der Waals surface area contributed by atoms with Crippen LogP contribution in [0.1, 0.15) is 48.8 Å². The average molecular weight is 233 g/mol. The molecule has 17 heavy (non-hydrogen) atoms. The van der Waals surface area contributed by atoms with Crippen molar-refractivity contribution in [3.8, 4) is 11.5 Å². The second kappa shape index (κ2) is 5.44. The fourth-order valence-corrected chi connectivity index (χ4v) is 2.73. The van der Waals surface area contributed by atoms with Crippen molar-refractivity contribution in [2.45, 2.75) is 51.4 Å². The first-order chi connectivity index (χ1) is 8.24. The lowest BCUT2D eigenvalue weighted by molar-refractivity contribution is 0.399. The van der Waals surface area contributed by atoms with E-state index in [1.54, 1.807) is 6.07 Å². The molecule has 0 unspecified atom stereocenters. The SMILES string of the molecule is [CH2]CCCCCc1cc(O)c(O)c2c1CCC2. The first-order valence-electron chi connectivity index (χ1n) is 6.59. The maximum atomic E-state index is 9.79. The van der Waals surface area contributed by atoms with Gasteiger partial charge in [-0.2, -0.15) is 0 Å². The van der Waals surface area contributed by atoms with Gasteiger partial charge in [0.05, 0.1) is 0 Å². The third kappa shape index (κ3) is 2.56. The van der Waals surface area contributed by atoms with Crippen LogP contribution in [-0.2, 0) is 19.3 Å². The summed E-state index contributed by atoms with van der Waals surface area (Å²) < 4.78 is 0. The Morgan fingerprint density at radius 3 is 2.59 bits per heavy atom. The molecule has 2 rings (SSSR count). The van der Waals surface area contributed by atoms with Crippen molar-refractivity contribution in [2.24, 2.45) is 0 Å². The van der Waals surface area contributed by atoms with Gasteiger partial charge in [-0.3, -0.25) is 0 Å². The lowest BCUT2D eigenvalue weighted by Gasteiger charge is -2.11. The lowest BCUT2D eigenvalue weighted by atomic mass is 9.97. The Hall–Kier alpha value is -1.18. The van der Waals surface area contributed by atoms with Gasteiger partial charge in [0, 0.05) is 5.56 Å². The molecule has 0 aliphatic heterocycles. The Balaban J connectivity index is 2.12. The molecule has 1 aromatic carbocycles. The molecule has 1 radical (unpaired) electrons. The molecular formula is C15H21O2. The van der Waals surface area contributed by atoms with E-state index in [0.717, 1.165) is 44.1 Å². The van der Waals surface area contributed by atoms with Crippen LogP contribution < -0.4 is 0 Å². The van der Waals surface area contributed by atoms with Crippen LogP contribution in [0.15, 0.2) is 6.07 Å². The van der Waals surface area contributed by atoms with Crippen LogP contribution in [-0.4, -0.2) is 10.2 Å². The minimum Gasteiger partial charge on any atom is -0.504 e. The molecular weight excluding hydrogens is 212 g/mol. The molecule has 0 saturated carbocycles. The monoisotopic (exact) mass is 233 g/mol. The van der Waals surface area contributed by atoms with Crippen LogP contribution in [0, 0.1) is 6.92 Å². The molecule has 0 spiro atoms. The van der Waals surface area contributed by atoms with Gasteiger partial charge in [-0.15, -0.1) is 0 Å². The third-order valence-electron chi connectivity index (χ3n) is 3.64.